The molecular formula is C23H30N4O10. The van der Waals surface area contributed by atoms with Crippen LogP contribution in [0.5, 0.6) is 5.75 Å². The highest BCUT2D eigenvalue weighted by Crippen LogP contribution is 2.20. The van der Waals surface area contributed by atoms with E-state index in [2.05, 4.69) is 10.6 Å². The van der Waals surface area contributed by atoms with Crippen LogP contribution in [0.25, 0.3) is 0 Å². The molecule has 8 N–H and O–H groups in total. The summed E-state index contributed by atoms with van der Waals surface area (Å²) >= 11 is 0. The molecule has 0 aromatic heterocycles. The van der Waals surface area contributed by atoms with Gasteiger partial charge in [0.15, 0.2) is 0 Å². The van der Waals surface area contributed by atoms with E-state index in [1.54, 1.807) is 0 Å². The Bertz CT molecular complexity index is 1030. The Labute approximate surface area is 211 Å². The molecule has 202 valence electrons. The van der Waals surface area contributed by atoms with Gasteiger partial charge < -0.3 is 41.7 Å². The average Bonchev–Trinajstić information content (AvgIpc) is 3.32. The molecule has 0 aliphatic carbocycles. The van der Waals surface area contributed by atoms with Crippen molar-refractivity contribution in [3.05, 3.63) is 29.8 Å². The molecule has 37 heavy (non-hydrogen) atoms. The summed E-state index contributed by atoms with van der Waals surface area (Å²) in [4.78, 5) is 73.3. The third-order valence-electron chi connectivity index (χ3n) is 5.83. The van der Waals surface area contributed by atoms with Gasteiger partial charge in [-0.25, -0.2) is 4.79 Å². The molecule has 0 spiro atoms. The third-order valence-corrected chi connectivity index (χ3v) is 5.83. The number of amides is 3. The summed E-state index contributed by atoms with van der Waals surface area (Å²) < 4.78 is 0. The average molecular weight is 523 g/mol. The number of nitrogens with two attached hydrogens (primary N) is 1. The van der Waals surface area contributed by atoms with Gasteiger partial charge in [0, 0.05) is 19.4 Å². The summed E-state index contributed by atoms with van der Waals surface area (Å²) in [7, 11) is 0. The Balaban J connectivity index is 2.11. The minimum atomic E-state index is -1.57. The van der Waals surface area contributed by atoms with E-state index >= 15 is 0 Å². The predicted octanol–water partition coefficient (Wildman–Crippen LogP) is -1.35. The largest absolute Gasteiger partial charge is 0.508 e. The van der Waals surface area contributed by atoms with Crippen molar-refractivity contribution in [2.24, 2.45) is 5.73 Å². The molecule has 3 amide bonds. The highest BCUT2D eigenvalue weighted by atomic mass is 16.4. The molecule has 1 aliphatic rings. The SMILES string of the molecule is NC(CCC(=O)O)C(=O)NC(CC(=O)O)C(=O)N1CCCC1C(=O)NC(Cc1ccc(O)cc1)C(=O)O. The summed E-state index contributed by atoms with van der Waals surface area (Å²) in [5.74, 6) is -6.44. The van der Waals surface area contributed by atoms with Crippen LogP contribution in [0.15, 0.2) is 24.3 Å². The lowest BCUT2D eigenvalue weighted by Crippen LogP contribution is -2.57. The van der Waals surface area contributed by atoms with Crippen LogP contribution < -0.4 is 16.4 Å². The van der Waals surface area contributed by atoms with E-state index in [-0.39, 0.29) is 31.6 Å². The highest BCUT2D eigenvalue weighted by molar-refractivity contribution is 5.96. The number of hydrogen-bond acceptors (Lipinski definition) is 8. The molecule has 1 fully saturated rings. The Morgan fingerprint density at radius 3 is 2.19 bits per heavy atom. The monoisotopic (exact) mass is 522 g/mol. The van der Waals surface area contributed by atoms with Gasteiger partial charge >= 0.3 is 17.9 Å². The number of phenolic OH excluding ortho intramolecular Hbond substituents is 1. The van der Waals surface area contributed by atoms with Crippen molar-refractivity contribution in [3.63, 3.8) is 0 Å². The van der Waals surface area contributed by atoms with E-state index in [1.807, 2.05) is 0 Å². The van der Waals surface area contributed by atoms with Crippen molar-refractivity contribution < 1.29 is 49.2 Å². The van der Waals surface area contributed by atoms with Gasteiger partial charge in [-0.05, 0) is 37.0 Å². The number of carbonyl (C=O) groups is 6. The van der Waals surface area contributed by atoms with Gasteiger partial charge in [-0.3, -0.25) is 24.0 Å². The van der Waals surface area contributed by atoms with E-state index in [4.69, 9.17) is 10.8 Å². The molecule has 14 heteroatoms. The van der Waals surface area contributed by atoms with Gasteiger partial charge in [0.25, 0.3) is 0 Å². The zero-order chi connectivity index (χ0) is 27.7. The van der Waals surface area contributed by atoms with E-state index < -0.39 is 72.6 Å². The van der Waals surface area contributed by atoms with Crippen LogP contribution in [-0.4, -0.2) is 91.7 Å². The fraction of sp³-hybridized carbons (Fsp3) is 0.478. The lowest BCUT2D eigenvalue weighted by Gasteiger charge is -2.29. The summed E-state index contributed by atoms with van der Waals surface area (Å²) in [5, 5.41) is 41.5. The minimum Gasteiger partial charge on any atom is -0.508 e. The Kier molecular flexibility index (Phi) is 10.4. The molecule has 4 atom stereocenters. The van der Waals surface area contributed by atoms with Crippen LogP contribution in [0.4, 0.5) is 0 Å². The van der Waals surface area contributed by atoms with E-state index in [1.165, 1.54) is 24.3 Å². The Morgan fingerprint density at radius 1 is 0.973 bits per heavy atom. The Morgan fingerprint density at radius 2 is 1.62 bits per heavy atom. The molecule has 1 saturated heterocycles. The Hall–Kier alpha value is -4.20. The molecule has 1 aromatic rings. The lowest BCUT2D eigenvalue weighted by molar-refractivity contribution is -0.147. The molecule has 0 saturated carbocycles. The minimum absolute atomic E-state index is 0.00869. The number of hydrogen-bond donors (Lipinski definition) is 7. The molecule has 0 radical (unpaired) electrons. The fourth-order valence-electron chi connectivity index (χ4n) is 3.90. The van der Waals surface area contributed by atoms with Gasteiger partial charge in [-0.2, -0.15) is 0 Å². The molecule has 1 aromatic carbocycles. The van der Waals surface area contributed by atoms with Gasteiger partial charge in [-0.1, -0.05) is 12.1 Å². The van der Waals surface area contributed by atoms with Crippen molar-refractivity contribution in [1.82, 2.24) is 15.5 Å². The molecular weight excluding hydrogens is 492 g/mol. The maximum atomic E-state index is 13.2. The highest BCUT2D eigenvalue weighted by Gasteiger charge is 2.39. The number of benzene rings is 1. The summed E-state index contributed by atoms with van der Waals surface area (Å²) in [6.45, 7) is 0.0731. The normalized spacial score (nSPS) is 17.3. The number of nitrogens with one attached hydrogen (secondary N) is 2. The number of carboxylic acid groups (broad SMARTS) is 3. The first-order valence-corrected chi connectivity index (χ1v) is 11.5. The molecule has 1 aliphatic heterocycles. The van der Waals surface area contributed by atoms with Crippen molar-refractivity contribution in [3.8, 4) is 5.75 Å². The number of nitrogens with zero attached hydrogens (tertiary/aromatic N) is 1. The van der Waals surface area contributed by atoms with Crippen molar-refractivity contribution >= 4 is 35.6 Å². The number of likely N-dealkylation sites (tertiary alicyclic amines) is 1. The van der Waals surface area contributed by atoms with Crippen molar-refractivity contribution in [1.29, 1.82) is 0 Å². The summed E-state index contributed by atoms with van der Waals surface area (Å²) in [6, 6.07) is 0.456. The topological polar surface area (TPSA) is 237 Å². The second kappa shape index (κ2) is 13.2. The smallest absolute Gasteiger partial charge is 0.326 e. The molecule has 0 bridgehead atoms. The molecule has 14 nitrogen and oxygen atoms in total. The number of carboxylic acids is 3. The van der Waals surface area contributed by atoms with Crippen LogP contribution in [0.1, 0.15) is 37.7 Å². The first kappa shape index (κ1) is 29.0. The van der Waals surface area contributed by atoms with Crippen molar-refractivity contribution in [2.75, 3.05) is 6.54 Å². The second-order valence-electron chi connectivity index (χ2n) is 8.66. The van der Waals surface area contributed by atoms with Crippen LogP contribution in [0.3, 0.4) is 0 Å². The van der Waals surface area contributed by atoms with E-state index in [0.29, 0.717) is 12.0 Å². The lowest BCUT2D eigenvalue weighted by atomic mass is 10.0. The van der Waals surface area contributed by atoms with Crippen LogP contribution >= 0.6 is 0 Å². The zero-order valence-electron chi connectivity index (χ0n) is 19.8. The van der Waals surface area contributed by atoms with Gasteiger partial charge in [0.1, 0.15) is 23.9 Å². The quantitative estimate of drug-likeness (QED) is 0.160. The zero-order valence-corrected chi connectivity index (χ0v) is 19.8. The van der Waals surface area contributed by atoms with E-state index in [0.717, 1.165) is 4.90 Å². The number of aromatic hydroxyl groups is 1. The van der Waals surface area contributed by atoms with Crippen LogP contribution in [0.2, 0.25) is 0 Å². The van der Waals surface area contributed by atoms with Gasteiger partial charge in [0.05, 0.1) is 12.5 Å². The molecule has 4 unspecified atom stereocenters. The van der Waals surface area contributed by atoms with Crippen molar-refractivity contribution in [2.45, 2.75) is 62.7 Å². The molecule has 2 rings (SSSR count). The number of rotatable bonds is 13. The standard InChI is InChI=1S/C23H30N4O10/c24-14(7-8-18(29)30)20(33)25-15(11-19(31)32)22(35)27-9-1-2-17(27)21(34)26-16(23(36)37)10-12-3-5-13(28)6-4-12/h3-6,14-17,28H,1-2,7-11,24H2,(H,25,33)(H,26,34)(H,29,30)(H,31,32)(H,36,37). The predicted molar refractivity (Wildman–Crippen MR) is 125 cm³/mol. The van der Waals surface area contributed by atoms with Crippen LogP contribution in [0, 0.1) is 0 Å². The number of phenols is 1. The van der Waals surface area contributed by atoms with Gasteiger partial charge in [0.2, 0.25) is 17.7 Å². The summed E-state index contributed by atoms with van der Waals surface area (Å²) in [5.41, 5.74) is 6.18. The fourth-order valence-corrected chi connectivity index (χ4v) is 3.90. The van der Waals surface area contributed by atoms with Gasteiger partial charge in [-0.15, -0.1) is 0 Å². The maximum absolute atomic E-state index is 13.2. The maximum Gasteiger partial charge on any atom is 0.326 e. The second-order valence-corrected chi connectivity index (χ2v) is 8.66. The third kappa shape index (κ3) is 8.75. The first-order chi connectivity index (χ1) is 17.4. The summed E-state index contributed by atoms with van der Waals surface area (Å²) in [6.07, 6.45) is -0.967. The van der Waals surface area contributed by atoms with E-state index in [9.17, 15) is 44.1 Å². The number of carbonyl (C=O) groups excluding carboxylic acids is 3. The first-order valence-electron chi connectivity index (χ1n) is 11.5. The molecule has 1 heterocycles. The number of aliphatic carboxylic acids is 3. The van der Waals surface area contributed by atoms with Crippen LogP contribution in [-0.2, 0) is 35.2 Å².